The molecule has 0 bridgehead atoms. The van der Waals surface area contributed by atoms with Gasteiger partial charge in [0.15, 0.2) is 0 Å². The molecule has 7 heteroatoms. The molecular weight excluding hydrogens is 368 g/mol. The van der Waals surface area contributed by atoms with Crippen LogP contribution in [0.4, 0.5) is 5.69 Å². The molecule has 3 aromatic rings. The highest BCUT2D eigenvalue weighted by atomic mass is 16.5. The number of nitrogens with zero attached hydrogens (tertiary/aromatic N) is 3. The van der Waals surface area contributed by atoms with E-state index in [0.717, 1.165) is 16.0 Å². The molecule has 0 atom stereocenters. The van der Waals surface area contributed by atoms with Gasteiger partial charge in [-0.1, -0.05) is 17.7 Å². The Morgan fingerprint density at radius 2 is 1.66 bits per heavy atom. The molecule has 0 aliphatic heterocycles. The third kappa shape index (κ3) is 4.68. The predicted molar refractivity (Wildman–Crippen MR) is 109 cm³/mol. The molecule has 0 spiro atoms. The minimum atomic E-state index is -0.576. The summed E-state index contributed by atoms with van der Waals surface area (Å²) in [5, 5.41) is 16.0. The molecule has 0 unspecified atom stereocenters. The van der Waals surface area contributed by atoms with Crippen molar-refractivity contribution in [2.75, 3.05) is 5.32 Å². The SMILES string of the molecule is Cc1ccc(Oc2ccc(NC(=O)Cn3nc(C)c(C)c(C#N)c3=O)cc2)cc1. The molecule has 1 N–H and O–H groups in total. The van der Waals surface area contributed by atoms with Crippen molar-refractivity contribution in [2.24, 2.45) is 0 Å². The van der Waals surface area contributed by atoms with Gasteiger partial charge in [0.05, 0.1) is 5.69 Å². The number of carbonyl (C=O) groups is 1. The summed E-state index contributed by atoms with van der Waals surface area (Å²) in [7, 11) is 0. The zero-order valence-electron chi connectivity index (χ0n) is 16.4. The van der Waals surface area contributed by atoms with Crippen molar-refractivity contribution < 1.29 is 9.53 Å². The Hall–Kier alpha value is -3.92. The number of aryl methyl sites for hydroxylation is 2. The summed E-state index contributed by atoms with van der Waals surface area (Å²) in [6.45, 7) is 5.07. The van der Waals surface area contributed by atoms with E-state index in [1.165, 1.54) is 0 Å². The molecule has 0 saturated heterocycles. The number of hydrogen-bond donors (Lipinski definition) is 1. The standard InChI is InChI=1S/C22H20N4O3/c1-14-4-8-18(9-5-14)29-19-10-6-17(7-11-19)24-21(27)13-26-22(28)20(12-23)15(2)16(3)25-26/h4-11H,13H2,1-3H3,(H,24,27). The van der Waals surface area contributed by atoms with Crippen molar-refractivity contribution >= 4 is 11.6 Å². The summed E-state index contributed by atoms with van der Waals surface area (Å²) < 4.78 is 6.76. The van der Waals surface area contributed by atoms with Crippen LogP contribution in [0.3, 0.4) is 0 Å². The highest BCUT2D eigenvalue weighted by Gasteiger charge is 2.14. The van der Waals surface area contributed by atoms with E-state index in [0.29, 0.717) is 22.7 Å². The van der Waals surface area contributed by atoms with E-state index in [-0.39, 0.29) is 12.1 Å². The first kappa shape index (κ1) is 19.8. The van der Waals surface area contributed by atoms with Crippen molar-refractivity contribution in [1.29, 1.82) is 5.26 Å². The first-order valence-electron chi connectivity index (χ1n) is 9.00. The lowest BCUT2D eigenvalue weighted by Gasteiger charge is -2.10. The smallest absolute Gasteiger partial charge is 0.285 e. The molecule has 2 aromatic carbocycles. The van der Waals surface area contributed by atoms with Crippen LogP contribution in [-0.4, -0.2) is 15.7 Å². The van der Waals surface area contributed by atoms with Crippen LogP contribution in [0.1, 0.15) is 22.4 Å². The molecule has 7 nitrogen and oxygen atoms in total. The predicted octanol–water partition coefficient (Wildman–Crippen LogP) is 3.47. The first-order valence-corrected chi connectivity index (χ1v) is 9.00. The van der Waals surface area contributed by atoms with E-state index in [1.54, 1.807) is 38.1 Å². The molecule has 29 heavy (non-hydrogen) atoms. The van der Waals surface area contributed by atoms with E-state index >= 15 is 0 Å². The van der Waals surface area contributed by atoms with Gasteiger partial charge >= 0.3 is 0 Å². The van der Waals surface area contributed by atoms with Crippen molar-refractivity contribution in [3.63, 3.8) is 0 Å². The average Bonchev–Trinajstić information content (AvgIpc) is 2.70. The van der Waals surface area contributed by atoms with E-state index in [4.69, 9.17) is 10.00 Å². The summed E-state index contributed by atoms with van der Waals surface area (Å²) in [6.07, 6.45) is 0. The number of nitrogens with one attached hydrogen (secondary N) is 1. The van der Waals surface area contributed by atoms with Gasteiger partial charge in [0, 0.05) is 5.69 Å². The quantitative estimate of drug-likeness (QED) is 0.722. The van der Waals surface area contributed by atoms with Gasteiger partial charge in [0.2, 0.25) is 5.91 Å². The van der Waals surface area contributed by atoms with Crippen LogP contribution in [0.2, 0.25) is 0 Å². The number of hydrogen-bond acceptors (Lipinski definition) is 5. The number of carbonyl (C=O) groups excluding carboxylic acids is 1. The summed E-state index contributed by atoms with van der Waals surface area (Å²) in [4.78, 5) is 24.6. The summed E-state index contributed by atoms with van der Waals surface area (Å²) in [6, 6.07) is 16.5. The fourth-order valence-electron chi connectivity index (χ4n) is 2.70. The van der Waals surface area contributed by atoms with Gasteiger partial charge in [0.25, 0.3) is 5.56 Å². The number of aromatic nitrogens is 2. The van der Waals surface area contributed by atoms with Crippen LogP contribution < -0.4 is 15.6 Å². The maximum atomic E-state index is 12.3. The molecule has 3 rings (SSSR count). The molecule has 1 aromatic heterocycles. The second-order valence-corrected chi connectivity index (χ2v) is 6.65. The summed E-state index contributed by atoms with van der Waals surface area (Å²) in [5.74, 6) is 0.942. The van der Waals surface area contributed by atoms with Crippen molar-refractivity contribution in [3.05, 3.63) is 81.3 Å². The third-order valence-corrected chi connectivity index (χ3v) is 4.44. The molecule has 0 radical (unpaired) electrons. The molecule has 1 amide bonds. The molecule has 0 saturated carbocycles. The fourth-order valence-corrected chi connectivity index (χ4v) is 2.70. The van der Waals surface area contributed by atoms with Gasteiger partial charge in [-0.15, -0.1) is 0 Å². The van der Waals surface area contributed by atoms with E-state index in [9.17, 15) is 9.59 Å². The molecular formula is C22H20N4O3. The van der Waals surface area contributed by atoms with Crippen LogP contribution >= 0.6 is 0 Å². The maximum absolute atomic E-state index is 12.3. The molecule has 0 fully saturated rings. The van der Waals surface area contributed by atoms with E-state index in [2.05, 4.69) is 10.4 Å². The number of amides is 1. The van der Waals surface area contributed by atoms with Crippen molar-refractivity contribution in [2.45, 2.75) is 27.3 Å². The Kier molecular flexibility index (Phi) is 5.74. The number of nitriles is 1. The number of anilines is 1. The zero-order chi connectivity index (χ0) is 21.0. The van der Waals surface area contributed by atoms with Gasteiger partial charge < -0.3 is 10.1 Å². The van der Waals surface area contributed by atoms with E-state index < -0.39 is 11.5 Å². The normalized spacial score (nSPS) is 10.3. The minimum absolute atomic E-state index is 0.00269. The Bertz CT molecular complexity index is 1140. The lowest BCUT2D eigenvalue weighted by molar-refractivity contribution is -0.117. The van der Waals surface area contributed by atoms with Crippen LogP contribution in [0, 0.1) is 32.1 Å². The Labute approximate surface area is 168 Å². The second kappa shape index (κ2) is 8.40. The van der Waals surface area contributed by atoms with Crippen LogP contribution in [0.5, 0.6) is 11.5 Å². The second-order valence-electron chi connectivity index (χ2n) is 6.65. The Morgan fingerprint density at radius 3 is 2.24 bits per heavy atom. The van der Waals surface area contributed by atoms with Gasteiger partial charge in [-0.3, -0.25) is 9.59 Å². The molecule has 0 aliphatic rings. The van der Waals surface area contributed by atoms with Gasteiger partial charge in [0.1, 0.15) is 29.7 Å². The Morgan fingerprint density at radius 1 is 1.07 bits per heavy atom. The number of benzene rings is 2. The number of rotatable bonds is 5. The molecule has 146 valence electrons. The molecule has 1 heterocycles. The third-order valence-electron chi connectivity index (χ3n) is 4.44. The number of ether oxygens (including phenoxy) is 1. The topological polar surface area (TPSA) is 97.0 Å². The summed E-state index contributed by atoms with van der Waals surface area (Å²) in [5.41, 5.74) is 2.19. The first-order chi connectivity index (χ1) is 13.9. The Balaban J connectivity index is 1.67. The van der Waals surface area contributed by atoms with Gasteiger partial charge in [-0.05, 0) is 62.7 Å². The summed E-state index contributed by atoms with van der Waals surface area (Å²) >= 11 is 0. The fraction of sp³-hybridized carbons (Fsp3) is 0.182. The van der Waals surface area contributed by atoms with Crippen LogP contribution in [0.15, 0.2) is 53.3 Å². The van der Waals surface area contributed by atoms with E-state index in [1.807, 2.05) is 37.3 Å². The zero-order valence-corrected chi connectivity index (χ0v) is 16.4. The largest absolute Gasteiger partial charge is 0.457 e. The lowest BCUT2D eigenvalue weighted by Crippen LogP contribution is -2.32. The highest BCUT2D eigenvalue weighted by molar-refractivity contribution is 5.90. The van der Waals surface area contributed by atoms with Gasteiger partial charge in [-0.25, -0.2) is 4.68 Å². The van der Waals surface area contributed by atoms with Crippen molar-refractivity contribution in [3.8, 4) is 17.6 Å². The minimum Gasteiger partial charge on any atom is -0.457 e. The lowest BCUT2D eigenvalue weighted by atomic mass is 10.1. The maximum Gasteiger partial charge on any atom is 0.285 e. The van der Waals surface area contributed by atoms with Gasteiger partial charge in [-0.2, -0.15) is 10.4 Å². The van der Waals surface area contributed by atoms with Crippen molar-refractivity contribution in [1.82, 2.24) is 9.78 Å². The molecule has 0 aliphatic carbocycles. The average molecular weight is 388 g/mol. The van der Waals surface area contributed by atoms with Crippen LogP contribution in [0.25, 0.3) is 0 Å². The van der Waals surface area contributed by atoms with Crippen LogP contribution in [-0.2, 0) is 11.3 Å². The monoisotopic (exact) mass is 388 g/mol. The highest BCUT2D eigenvalue weighted by Crippen LogP contribution is 2.23.